The highest BCUT2D eigenvalue weighted by atomic mass is 16.8. The van der Waals surface area contributed by atoms with Crippen molar-refractivity contribution < 1.29 is 61.9 Å². The Bertz CT molecular complexity index is 1780. The van der Waals surface area contributed by atoms with E-state index in [0.29, 0.717) is 12.3 Å². The Balaban J connectivity index is 1.47. The maximum Gasteiger partial charge on any atom is 0.509 e. The fourth-order valence-corrected chi connectivity index (χ4v) is 8.22. The van der Waals surface area contributed by atoms with Crippen LogP contribution in [0.5, 0.6) is 0 Å². The summed E-state index contributed by atoms with van der Waals surface area (Å²) < 4.78 is 41.0. The number of ketones is 2. The quantitative estimate of drug-likeness (QED) is 0.195. The van der Waals surface area contributed by atoms with Gasteiger partial charge in [0.25, 0.3) is 0 Å². The van der Waals surface area contributed by atoms with E-state index in [0.717, 1.165) is 11.1 Å². The lowest BCUT2D eigenvalue weighted by atomic mass is 9.75. The average Bonchev–Trinajstić information content (AvgIpc) is 3.87. The van der Waals surface area contributed by atoms with Gasteiger partial charge >= 0.3 is 18.2 Å². The highest BCUT2D eigenvalue weighted by Gasteiger charge is 2.53. The number of aliphatic hydroxyl groups is 1. The second-order valence-corrected chi connectivity index (χ2v) is 16.1. The number of aromatic nitrogens is 1. The third kappa shape index (κ3) is 10.1. The van der Waals surface area contributed by atoms with Gasteiger partial charge in [-0.2, -0.15) is 0 Å². The van der Waals surface area contributed by atoms with Gasteiger partial charge < -0.3 is 48.2 Å². The molecule has 58 heavy (non-hydrogen) atoms. The number of nitrogens with one attached hydrogen (secondary N) is 1. The molecule has 3 aliphatic heterocycles. The molecule has 1 aromatic heterocycles. The average molecular weight is 812 g/mol. The minimum Gasteiger partial charge on any atom is -0.458 e. The molecule has 0 bridgehead atoms. The SMILES string of the molecule is CC[C@H]1OC(=O)[C@H](C)C(=O)[C@H](C)C(OC2O[C@H](C)C[C@H](N(C)C)[C@H]2O)[C@](C)(OC(=O)OC/C=C/c2ccc(-c3ncco3)cc2)C[C@@H](C)C(=O)[C@H](C)[C@@H]2NC(=O)O[C@@H]21. The lowest BCUT2D eigenvalue weighted by Gasteiger charge is -2.46. The molecule has 0 saturated carbocycles. The van der Waals surface area contributed by atoms with Crippen LogP contribution in [-0.2, 0) is 42.8 Å². The van der Waals surface area contributed by atoms with Crippen LogP contribution in [0, 0.1) is 23.7 Å². The minimum atomic E-state index is -1.80. The van der Waals surface area contributed by atoms with Gasteiger partial charge in [0.05, 0.1) is 18.3 Å². The van der Waals surface area contributed by atoms with Gasteiger partial charge in [-0.05, 0) is 77.9 Å². The van der Waals surface area contributed by atoms with Crippen LogP contribution < -0.4 is 5.32 Å². The molecule has 0 aliphatic carbocycles. The Hall–Kier alpha value is -4.64. The number of ether oxygens (including phenoxy) is 6. The number of cyclic esters (lactones) is 1. The molecule has 4 heterocycles. The summed E-state index contributed by atoms with van der Waals surface area (Å²) in [6, 6.07) is 6.11. The van der Waals surface area contributed by atoms with Crippen molar-refractivity contribution in [2.24, 2.45) is 23.7 Å². The number of likely N-dealkylation sites (N-methyl/N-ethyl adjacent to an activating group) is 1. The Morgan fingerprint density at radius 1 is 1.03 bits per heavy atom. The standard InChI is InChI=1S/C42H57N3O13/c1-10-30-35-31(44-40(50)56-35)24(4)32(46)22(2)21-42(7,58-41(51)53-18-11-12-27-13-15-28(16-14-27)37-43-17-19-52-37)36(25(5)33(47)26(6)38(49)55-30)57-39-34(48)29(45(8)9)20-23(3)54-39/h11-17,19,22-26,29-31,34-36,39,48H,10,18,20-21H2,1-9H3,(H,44,50)/b12-11+/t22-,23-,24-,25+,26-,29+,30-,31+,34-,35-,36?,39?,42-/m1/s1. The largest absolute Gasteiger partial charge is 0.509 e. The first-order valence-electron chi connectivity index (χ1n) is 19.9. The molecule has 16 heteroatoms. The predicted molar refractivity (Wildman–Crippen MR) is 208 cm³/mol. The Kier molecular flexibility index (Phi) is 14.5. The molecule has 13 atom stereocenters. The zero-order valence-corrected chi connectivity index (χ0v) is 34.6. The molecular weight excluding hydrogens is 754 g/mol. The minimum absolute atomic E-state index is 0.183. The number of nitrogens with zero attached hydrogens (tertiary/aromatic N) is 2. The number of hydrogen-bond donors (Lipinski definition) is 2. The molecule has 1 aromatic carbocycles. The molecular formula is C42H57N3O13. The highest BCUT2D eigenvalue weighted by molar-refractivity contribution is 6.00. The number of hydrogen-bond acceptors (Lipinski definition) is 15. The van der Waals surface area contributed by atoms with Crippen molar-refractivity contribution in [3.63, 3.8) is 0 Å². The number of amides is 1. The van der Waals surface area contributed by atoms with Gasteiger partial charge in [-0.3, -0.25) is 14.4 Å². The molecule has 1 amide bonds. The number of benzene rings is 1. The van der Waals surface area contributed by atoms with Gasteiger partial charge in [0.1, 0.15) is 48.5 Å². The first-order valence-corrected chi connectivity index (χ1v) is 19.9. The summed E-state index contributed by atoms with van der Waals surface area (Å²) in [5, 5.41) is 14.2. The van der Waals surface area contributed by atoms with Crippen molar-refractivity contribution in [2.75, 3.05) is 20.7 Å². The molecule has 2 unspecified atom stereocenters. The van der Waals surface area contributed by atoms with Crippen LogP contribution in [0.3, 0.4) is 0 Å². The van der Waals surface area contributed by atoms with Crippen LogP contribution in [0.1, 0.15) is 73.3 Å². The van der Waals surface area contributed by atoms with Crippen LogP contribution in [0.25, 0.3) is 17.5 Å². The second kappa shape index (κ2) is 19.0. The maximum atomic E-state index is 14.3. The van der Waals surface area contributed by atoms with E-state index in [1.807, 2.05) is 50.2 Å². The number of alkyl carbamates (subject to hydrolysis) is 1. The van der Waals surface area contributed by atoms with Crippen LogP contribution >= 0.6 is 0 Å². The van der Waals surface area contributed by atoms with Crippen LogP contribution in [0.4, 0.5) is 9.59 Å². The molecule has 5 rings (SSSR count). The van der Waals surface area contributed by atoms with E-state index in [9.17, 15) is 29.1 Å². The number of rotatable bonds is 9. The van der Waals surface area contributed by atoms with Crippen LogP contribution in [0.2, 0.25) is 0 Å². The summed E-state index contributed by atoms with van der Waals surface area (Å²) >= 11 is 0. The molecule has 318 valence electrons. The molecule has 2 N–H and O–H groups in total. The smallest absolute Gasteiger partial charge is 0.458 e. The molecule has 3 aliphatic rings. The number of esters is 1. The first kappa shape index (κ1) is 44.5. The molecule has 16 nitrogen and oxygen atoms in total. The zero-order chi connectivity index (χ0) is 42.5. The zero-order valence-electron chi connectivity index (χ0n) is 34.6. The fraction of sp³-hybridized carbons (Fsp3) is 0.619. The van der Waals surface area contributed by atoms with Gasteiger partial charge in [-0.25, -0.2) is 14.6 Å². The number of oxazole rings is 1. The fourth-order valence-electron chi connectivity index (χ4n) is 8.22. The number of carbonyl (C=O) groups is 5. The number of Topliss-reactive ketones (excluding diaryl/α,β-unsaturated/α-hetero) is 2. The molecule has 3 saturated heterocycles. The number of fused-ring (bicyclic) bond motifs is 1. The summed E-state index contributed by atoms with van der Waals surface area (Å²) in [7, 11) is 3.63. The summed E-state index contributed by atoms with van der Waals surface area (Å²) in [6.07, 6.45) is -1.13. The molecule has 3 fully saturated rings. The topological polar surface area (TPSA) is 202 Å². The highest BCUT2D eigenvalue weighted by Crippen LogP contribution is 2.38. The van der Waals surface area contributed by atoms with E-state index in [2.05, 4.69) is 10.3 Å². The maximum absolute atomic E-state index is 14.3. The van der Waals surface area contributed by atoms with Crippen molar-refractivity contribution in [1.82, 2.24) is 15.2 Å². The summed E-state index contributed by atoms with van der Waals surface area (Å²) in [5.41, 5.74) is -0.194. The molecule has 0 radical (unpaired) electrons. The predicted octanol–water partition coefficient (Wildman–Crippen LogP) is 4.96. The van der Waals surface area contributed by atoms with Crippen LogP contribution in [0.15, 0.2) is 47.2 Å². The van der Waals surface area contributed by atoms with Crippen molar-refractivity contribution in [3.8, 4) is 11.5 Å². The van der Waals surface area contributed by atoms with Crippen LogP contribution in [-0.4, -0.2) is 120 Å². The Morgan fingerprint density at radius 2 is 1.74 bits per heavy atom. The van der Waals surface area contributed by atoms with Crippen molar-refractivity contribution in [3.05, 3.63) is 48.4 Å². The molecule has 0 spiro atoms. The third-order valence-electron chi connectivity index (χ3n) is 11.5. The second-order valence-electron chi connectivity index (χ2n) is 16.1. The van der Waals surface area contributed by atoms with E-state index in [1.54, 1.807) is 39.1 Å². The normalized spacial score (nSPS) is 35.2. The Labute approximate surface area is 338 Å². The lowest BCUT2D eigenvalue weighted by molar-refractivity contribution is -0.293. The van der Waals surface area contributed by atoms with Gasteiger partial charge in [-0.15, -0.1) is 0 Å². The number of carbonyl (C=O) groups excluding carboxylic acids is 5. The van der Waals surface area contributed by atoms with E-state index in [1.165, 1.54) is 27.0 Å². The van der Waals surface area contributed by atoms with Crippen molar-refractivity contribution in [2.45, 2.75) is 122 Å². The monoisotopic (exact) mass is 811 g/mol. The van der Waals surface area contributed by atoms with Gasteiger partial charge in [0, 0.05) is 29.4 Å². The van der Waals surface area contributed by atoms with E-state index in [-0.39, 0.29) is 31.3 Å². The summed E-state index contributed by atoms with van der Waals surface area (Å²) in [6.45, 7) is 11.1. The van der Waals surface area contributed by atoms with Gasteiger partial charge in [0.2, 0.25) is 5.89 Å². The Morgan fingerprint density at radius 3 is 2.38 bits per heavy atom. The van der Waals surface area contributed by atoms with E-state index >= 15 is 0 Å². The summed E-state index contributed by atoms with van der Waals surface area (Å²) in [4.78, 5) is 74.4. The van der Waals surface area contributed by atoms with Gasteiger partial charge in [0.15, 0.2) is 18.2 Å². The van der Waals surface area contributed by atoms with Crippen molar-refractivity contribution in [1.29, 1.82) is 0 Å². The van der Waals surface area contributed by atoms with E-state index in [4.69, 9.17) is 32.8 Å². The number of aliphatic hydroxyl groups excluding tert-OH is 1. The van der Waals surface area contributed by atoms with Gasteiger partial charge in [-0.1, -0.05) is 45.9 Å². The summed E-state index contributed by atoms with van der Waals surface area (Å²) in [5.74, 6) is -5.54. The molecule has 2 aromatic rings. The van der Waals surface area contributed by atoms with Crippen molar-refractivity contribution >= 4 is 35.9 Å². The first-order chi connectivity index (χ1) is 27.4. The lowest BCUT2D eigenvalue weighted by Crippen LogP contribution is -2.60. The third-order valence-corrected chi connectivity index (χ3v) is 11.5. The van der Waals surface area contributed by atoms with E-state index < -0.39 is 96.1 Å².